The quantitative estimate of drug-likeness (QED) is 0.269. The first-order chi connectivity index (χ1) is 13.3. The zero-order valence-corrected chi connectivity index (χ0v) is 15.5. The fourth-order valence-corrected chi connectivity index (χ4v) is 2.85. The number of nitrogens with zero attached hydrogens (tertiary/aromatic N) is 2. The second-order valence-electron chi connectivity index (χ2n) is 6.61. The number of hydrogen-bond donors (Lipinski definition) is 3. The first-order valence-corrected chi connectivity index (χ1v) is 8.87. The molecule has 2 aliphatic heterocycles. The van der Waals surface area contributed by atoms with Crippen LogP contribution in [-0.4, -0.2) is 84.5 Å². The van der Waals surface area contributed by atoms with Crippen LogP contribution in [0.2, 0.25) is 0 Å². The Morgan fingerprint density at radius 3 is 2.43 bits per heavy atom. The fraction of sp³-hybridized carbons (Fsp3) is 0.529. The molecule has 11 nitrogen and oxygen atoms in total. The summed E-state index contributed by atoms with van der Waals surface area (Å²) in [6, 6.07) is -0.740. The van der Waals surface area contributed by atoms with Gasteiger partial charge in [-0.15, -0.1) is 0 Å². The minimum atomic E-state index is -0.740. The average molecular weight is 393 g/mol. The molecule has 2 heterocycles. The lowest BCUT2D eigenvalue weighted by atomic mass is 9.99. The molecule has 0 radical (unpaired) electrons. The lowest BCUT2D eigenvalue weighted by molar-refractivity contribution is -0.141. The zero-order chi connectivity index (χ0) is 20.7. The van der Waals surface area contributed by atoms with Crippen molar-refractivity contribution in [2.75, 3.05) is 32.7 Å². The monoisotopic (exact) mass is 393 g/mol. The summed E-state index contributed by atoms with van der Waals surface area (Å²) in [5.74, 6) is -1.99. The molecular weight excluding hydrogens is 370 g/mol. The Labute approximate surface area is 161 Å². The molecule has 2 rings (SSSR count). The van der Waals surface area contributed by atoms with E-state index < -0.39 is 29.7 Å². The van der Waals surface area contributed by atoms with Crippen LogP contribution in [0.15, 0.2) is 12.2 Å². The van der Waals surface area contributed by atoms with Crippen molar-refractivity contribution < 1.29 is 28.8 Å². The van der Waals surface area contributed by atoms with Crippen molar-refractivity contribution in [1.29, 1.82) is 0 Å². The number of carbonyl (C=O) groups is 6. The predicted octanol–water partition coefficient (Wildman–Crippen LogP) is -2.87. The summed E-state index contributed by atoms with van der Waals surface area (Å²) in [5, 5.41) is 7.45. The maximum atomic E-state index is 12.2. The van der Waals surface area contributed by atoms with Gasteiger partial charge < -0.3 is 20.9 Å². The van der Waals surface area contributed by atoms with Crippen molar-refractivity contribution in [3.63, 3.8) is 0 Å². The summed E-state index contributed by atoms with van der Waals surface area (Å²) in [4.78, 5) is 71.3. The van der Waals surface area contributed by atoms with Crippen molar-refractivity contribution in [2.45, 2.75) is 19.4 Å². The summed E-state index contributed by atoms with van der Waals surface area (Å²) in [7, 11) is 0. The minimum absolute atomic E-state index is 0.0674. The molecule has 2 aliphatic rings. The summed E-state index contributed by atoms with van der Waals surface area (Å²) < 4.78 is 0. The maximum Gasteiger partial charge on any atom is 0.253 e. The van der Waals surface area contributed by atoms with Crippen molar-refractivity contribution in [3.05, 3.63) is 12.2 Å². The van der Waals surface area contributed by atoms with Crippen LogP contribution in [0, 0.1) is 5.92 Å². The normalized spacial score (nSPS) is 17.2. The lowest BCUT2D eigenvalue weighted by Crippen LogP contribution is -2.58. The van der Waals surface area contributed by atoms with Crippen LogP contribution in [0.1, 0.15) is 13.3 Å². The molecule has 0 aromatic carbocycles. The van der Waals surface area contributed by atoms with Crippen LogP contribution < -0.4 is 16.0 Å². The van der Waals surface area contributed by atoms with Crippen molar-refractivity contribution in [3.8, 4) is 0 Å². The molecule has 1 fully saturated rings. The maximum absolute atomic E-state index is 12.2. The molecule has 0 spiro atoms. The number of amides is 6. The molecule has 6 amide bonds. The number of hydrogen-bond acceptors (Lipinski definition) is 6. The molecule has 0 aliphatic carbocycles. The van der Waals surface area contributed by atoms with Crippen LogP contribution in [0.4, 0.5) is 0 Å². The second-order valence-corrected chi connectivity index (χ2v) is 6.61. The zero-order valence-electron chi connectivity index (χ0n) is 15.5. The van der Waals surface area contributed by atoms with Gasteiger partial charge in [0, 0.05) is 50.7 Å². The Kier molecular flexibility index (Phi) is 7.24. The third-order valence-corrected chi connectivity index (χ3v) is 4.42. The van der Waals surface area contributed by atoms with E-state index in [0.29, 0.717) is 26.0 Å². The molecule has 0 aromatic rings. The number of rotatable bonds is 10. The first-order valence-electron chi connectivity index (χ1n) is 8.87. The summed E-state index contributed by atoms with van der Waals surface area (Å²) >= 11 is 0. The van der Waals surface area contributed by atoms with Gasteiger partial charge in [0.15, 0.2) is 0 Å². The summed E-state index contributed by atoms with van der Waals surface area (Å²) in [6.07, 6.45) is 2.75. The number of likely N-dealkylation sites (tertiary alicyclic amines) is 1. The first kappa shape index (κ1) is 21.1. The Morgan fingerprint density at radius 1 is 1.18 bits per heavy atom. The van der Waals surface area contributed by atoms with Gasteiger partial charge in [-0.2, -0.15) is 0 Å². The van der Waals surface area contributed by atoms with E-state index in [9.17, 15) is 28.8 Å². The van der Waals surface area contributed by atoms with Crippen LogP contribution in [0.3, 0.4) is 0 Å². The van der Waals surface area contributed by atoms with E-state index in [1.54, 1.807) is 11.8 Å². The molecule has 1 unspecified atom stereocenters. The molecule has 1 atom stereocenters. The smallest absolute Gasteiger partial charge is 0.253 e. The highest BCUT2D eigenvalue weighted by Gasteiger charge is 2.33. The highest BCUT2D eigenvalue weighted by atomic mass is 16.2. The third-order valence-electron chi connectivity index (χ3n) is 4.42. The van der Waals surface area contributed by atoms with E-state index in [1.165, 1.54) is 0 Å². The SMILES string of the molecule is CC(NC(=O)CNC(=O)CCN1C(=O)C=CC1=O)C(=O)N1CC(CNC=O)C1. The summed E-state index contributed by atoms with van der Waals surface area (Å²) in [5.41, 5.74) is 0. The van der Waals surface area contributed by atoms with Crippen molar-refractivity contribution in [1.82, 2.24) is 25.8 Å². The Bertz CT molecular complexity index is 682. The second kappa shape index (κ2) is 9.62. The lowest BCUT2D eigenvalue weighted by Gasteiger charge is -2.40. The van der Waals surface area contributed by atoms with Gasteiger partial charge in [-0.05, 0) is 6.92 Å². The van der Waals surface area contributed by atoms with Gasteiger partial charge in [-0.25, -0.2) is 0 Å². The topological polar surface area (TPSA) is 145 Å². The molecule has 28 heavy (non-hydrogen) atoms. The highest BCUT2D eigenvalue weighted by Crippen LogP contribution is 2.15. The molecule has 0 bridgehead atoms. The van der Waals surface area contributed by atoms with Crippen molar-refractivity contribution >= 4 is 35.9 Å². The molecule has 1 saturated heterocycles. The predicted molar refractivity (Wildman–Crippen MR) is 95.2 cm³/mol. The Balaban J connectivity index is 1.61. The van der Waals surface area contributed by atoms with E-state index in [1.807, 2.05) is 0 Å². The van der Waals surface area contributed by atoms with Gasteiger partial charge in [0.2, 0.25) is 24.1 Å². The highest BCUT2D eigenvalue weighted by molar-refractivity contribution is 6.13. The van der Waals surface area contributed by atoms with Crippen LogP contribution >= 0.6 is 0 Å². The van der Waals surface area contributed by atoms with Gasteiger partial charge in [-0.1, -0.05) is 0 Å². The van der Waals surface area contributed by atoms with Gasteiger partial charge >= 0.3 is 0 Å². The molecule has 11 heteroatoms. The van der Waals surface area contributed by atoms with Gasteiger partial charge in [-0.3, -0.25) is 33.7 Å². The van der Waals surface area contributed by atoms with E-state index >= 15 is 0 Å². The van der Waals surface area contributed by atoms with Crippen molar-refractivity contribution in [2.24, 2.45) is 5.92 Å². The number of carbonyl (C=O) groups excluding carboxylic acids is 6. The number of nitrogens with one attached hydrogen (secondary N) is 3. The van der Waals surface area contributed by atoms with Gasteiger partial charge in [0.05, 0.1) is 6.54 Å². The fourth-order valence-electron chi connectivity index (χ4n) is 2.85. The molecular formula is C17H23N5O6. The molecule has 152 valence electrons. The summed E-state index contributed by atoms with van der Waals surface area (Å²) in [6.45, 7) is 2.70. The van der Waals surface area contributed by atoms with Gasteiger partial charge in [0.1, 0.15) is 6.04 Å². The largest absolute Gasteiger partial charge is 0.358 e. The molecule has 0 saturated carbocycles. The third kappa shape index (κ3) is 5.63. The van der Waals surface area contributed by atoms with E-state index in [0.717, 1.165) is 17.1 Å². The van der Waals surface area contributed by atoms with E-state index in [-0.39, 0.29) is 31.3 Å². The molecule has 3 N–H and O–H groups in total. The van der Waals surface area contributed by atoms with E-state index in [4.69, 9.17) is 0 Å². The van der Waals surface area contributed by atoms with E-state index in [2.05, 4.69) is 16.0 Å². The van der Waals surface area contributed by atoms with Gasteiger partial charge in [0.25, 0.3) is 11.8 Å². The minimum Gasteiger partial charge on any atom is -0.358 e. The van der Waals surface area contributed by atoms with Crippen LogP contribution in [0.25, 0.3) is 0 Å². The van der Waals surface area contributed by atoms with Crippen LogP contribution in [0.5, 0.6) is 0 Å². The van der Waals surface area contributed by atoms with Crippen LogP contribution in [-0.2, 0) is 28.8 Å². The number of imide groups is 1. The average Bonchev–Trinajstić information content (AvgIpc) is 2.94. The Morgan fingerprint density at radius 2 is 1.82 bits per heavy atom. The molecule has 0 aromatic heterocycles. The standard InChI is InChI=1S/C17H23N5O6/c1-11(17(28)21-8-12(9-21)6-18-10-23)20-14(25)7-19-13(24)4-5-22-15(26)2-3-16(22)27/h2-3,10-12H,4-9H2,1H3,(H,18,23)(H,19,24)(H,20,25). The Hall–Kier alpha value is -3.24.